The Kier molecular flexibility index (Phi) is 6.62. The van der Waals surface area contributed by atoms with Gasteiger partial charge in [-0.1, -0.05) is 26.0 Å². The van der Waals surface area contributed by atoms with Crippen LogP contribution in [0.15, 0.2) is 41.2 Å². The van der Waals surface area contributed by atoms with Crippen molar-refractivity contribution >= 4 is 11.8 Å². The number of nitrogens with one attached hydrogen (secondary N) is 1. The Hall–Kier alpha value is -2.76. The van der Waals surface area contributed by atoms with E-state index in [1.165, 1.54) is 18.1 Å². The first-order valence-electron chi connectivity index (χ1n) is 10.2. The summed E-state index contributed by atoms with van der Waals surface area (Å²) in [6.07, 6.45) is 3.83. The molecule has 1 saturated heterocycles. The van der Waals surface area contributed by atoms with Gasteiger partial charge in [0.05, 0.1) is 11.8 Å². The first-order chi connectivity index (χ1) is 13.8. The molecule has 0 spiro atoms. The average molecular weight is 399 g/mol. The second kappa shape index (κ2) is 9.16. The number of hydrogen-bond acceptors (Lipinski definition) is 4. The predicted molar refractivity (Wildman–Crippen MR) is 111 cm³/mol. The molecule has 2 heterocycles. The molecule has 0 saturated carbocycles. The predicted octanol–water partition coefficient (Wildman–Crippen LogP) is 3.90. The fourth-order valence-corrected chi connectivity index (χ4v) is 3.46. The van der Waals surface area contributed by atoms with Crippen LogP contribution >= 0.6 is 0 Å². The minimum Gasteiger partial charge on any atom is -0.481 e. The Bertz CT molecular complexity index is 837. The molecule has 3 rings (SSSR count). The van der Waals surface area contributed by atoms with E-state index in [9.17, 15) is 9.59 Å². The van der Waals surface area contributed by atoms with Gasteiger partial charge in [0.25, 0.3) is 11.8 Å². The number of benzene rings is 1. The number of furan rings is 1. The number of amides is 2. The van der Waals surface area contributed by atoms with Crippen molar-refractivity contribution in [1.29, 1.82) is 0 Å². The maximum atomic E-state index is 12.6. The molecule has 1 fully saturated rings. The normalized spacial score (nSPS) is 16.0. The summed E-state index contributed by atoms with van der Waals surface area (Å²) in [5.41, 5.74) is 2.77. The van der Waals surface area contributed by atoms with Crippen molar-refractivity contribution in [2.75, 3.05) is 13.1 Å². The van der Waals surface area contributed by atoms with Crippen LogP contribution in [-0.2, 0) is 4.79 Å². The number of rotatable bonds is 6. The topological polar surface area (TPSA) is 71.8 Å². The second-order valence-corrected chi connectivity index (χ2v) is 8.03. The summed E-state index contributed by atoms with van der Waals surface area (Å²) in [6, 6.07) is 7.86. The van der Waals surface area contributed by atoms with Crippen LogP contribution in [-0.4, -0.2) is 41.9 Å². The van der Waals surface area contributed by atoms with Crippen LogP contribution in [0.5, 0.6) is 5.75 Å². The molecule has 156 valence electrons. The van der Waals surface area contributed by atoms with E-state index in [1.807, 2.05) is 19.1 Å². The monoisotopic (exact) mass is 398 g/mol. The van der Waals surface area contributed by atoms with Crippen molar-refractivity contribution in [3.05, 3.63) is 53.5 Å². The number of carbonyl (C=O) groups excluding carboxylic acids is 2. The van der Waals surface area contributed by atoms with Gasteiger partial charge in [0.2, 0.25) is 0 Å². The molecule has 6 heteroatoms. The van der Waals surface area contributed by atoms with Crippen LogP contribution in [0.4, 0.5) is 0 Å². The fourth-order valence-electron chi connectivity index (χ4n) is 3.46. The van der Waals surface area contributed by atoms with Gasteiger partial charge in [-0.15, -0.1) is 0 Å². The molecule has 1 N–H and O–H groups in total. The highest BCUT2D eigenvalue weighted by atomic mass is 16.5. The Morgan fingerprint density at radius 2 is 1.90 bits per heavy atom. The van der Waals surface area contributed by atoms with Gasteiger partial charge in [0, 0.05) is 19.1 Å². The average Bonchev–Trinajstić information content (AvgIpc) is 3.24. The Morgan fingerprint density at radius 1 is 1.17 bits per heavy atom. The van der Waals surface area contributed by atoms with E-state index in [0.29, 0.717) is 24.6 Å². The number of nitrogens with zero attached hydrogens (tertiary/aromatic N) is 1. The first kappa shape index (κ1) is 21.0. The summed E-state index contributed by atoms with van der Waals surface area (Å²) < 4.78 is 10.9. The van der Waals surface area contributed by atoms with Gasteiger partial charge in [-0.2, -0.15) is 0 Å². The largest absolute Gasteiger partial charge is 0.481 e. The van der Waals surface area contributed by atoms with Gasteiger partial charge < -0.3 is 19.4 Å². The molecule has 0 aliphatic carbocycles. The van der Waals surface area contributed by atoms with E-state index in [4.69, 9.17) is 9.15 Å². The van der Waals surface area contributed by atoms with E-state index in [2.05, 4.69) is 25.2 Å². The Morgan fingerprint density at radius 3 is 2.52 bits per heavy atom. The number of aryl methyl sites for hydroxylation is 1. The van der Waals surface area contributed by atoms with E-state index in [0.717, 1.165) is 24.2 Å². The van der Waals surface area contributed by atoms with Crippen molar-refractivity contribution in [3.63, 3.8) is 0 Å². The molecular weight excluding hydrogens is 368 g/mol. The molecule has 29 heavy (non-hydrogen) atoms. The lowest BCUT2D eigenvalue weighted by Gasteiger charge is -2.32. The van der Waals surface area contributed by atoms with Crippen LogP contribution in [0, 0.1) is 6.92 Å². The molecule has 1 aliphatic heterocycles. The van der Waals surface area contributed by atoms with Gasteiger partial charge >= 0.3 is 0 Å². The summed E-state index contributed by atoms with van der Waals surface area (Å²) in [7, 11) is 0. The summed E-state index contributed by atoms with van der Waals surface area (Å²) >= 11 is 0. The summed E-state index contributed by atoms with van der Waals surface area (Å²) in [6.45, 7) is 9.24. The van der Waals surface area contributed by atoms with Crippen LogP contribution in [0.25, 0.3) is 0 Å². The van der Waals surface area contributed by atoms with Crippen LogP contribution in [0.1, 0.15) is 61.0 Å². The van der Waals surface area contributed by atoms with Crippen molar-refractivity contribution in [2.45, 2.75) is 58.6 Å². The summed E-state index contributed by atoms with van der Waals surface area (Å²) in [5.74, 6) is 0.996. The standard InChI is InChI=1S/C23H30N2O4/c1-15(2)18-6-5-16(3)21(13-18)29-17(4)22(26)24-20-7-10-25(11-8-20)23(27)19-9-12-28-14-19/h5-6,9,12-15,17,20H,7-8,10-11H2,1-4H3,(H,24,26). The minimum atomic E-state index is -0.582. The SMILES string of the molecule is Cc1ccc(C(C)C)cc1OC(C)C(=O)NC1CCN(C(=O)c2ccoc2)CC1. The Balaban J connectivity index is 1.51. The molecular formula is C23H30N2O4. The number of likely N-dealkylation sites (tertiary alicyclic amines) is 1. The van der Waals surface area contributed by atoms with Crippen molar-refractivity contribution in [3.8, 4) is 5.75 Å². The second-order valence-electron chi connectivity index (χ2n) is 8.03. The highest BCUT2D eigenvalue weighted by molar-refractivity contribution is 5.93. The van der Waals surface area contributed by atoms with Crippen LogP contribution in [0.2, 0.25) is 0 Å². The first-order valence-corrected chi connectivity index (χ1v) is 10.2. The molecule has 1 atom stereocenters. The zero-order valence-corrected chi connectivity index (χ0v) is 17.6. The highest BCUT2D eigenvalue weighted by Crippen LogP contribution is 2.25. The third-order valence-electron chi connectivity index (χ3n) is 5.45. The van der Waals surface area contributed by atoms with E-state index >= 15 is 0 Å². The molecule has 6 nitrogen and oxygen atoms in total. The zero-order valence-electron chi connectivity index (χ0n) is 17.6. The summed E-state index contributed by atoms with van der Waals surface area (Å²) in [5, 5.41) is 3.07. The van der Waals surface area contributed by atoms with E-state index < -0.39 is 6.10 Å². The number of piperidine rings is 1. The van der Waals surface area contributed by atoms with Gasteiger partial charge in [-0.05, 0) is 55.9 Å². The van der Waals surface area contributed by atoms with Crippen molar-refractivity contribution in [1.82, 2.24) is 10.2 Å². The summed E-state index contributed by atoms with van der Waals surface area (Å²) in [4.78, 5) is 26.8. The van der Waals surface area contributed by atoms with Gasteiger partial charge in [-0.25, -0.2) is 0 Å². The molecule has 1 unspecified atom stereocenters. The van der Waals surface area contributed by atoms with E-state index in [1.54, 1.807) is 17.9 Å². The smallest absolute Gasteiger partial charge is 0.260 e. The zero-order chi connectivity index (χ0) is 21.0. The Labute approximate surface area is 172 Å². The maximum Gasteiger partial charge on any atom is 0.260 e. The lowest BCUT2D eigenvalue weighted by molar-refractivity contribution is -0.128. The molecule has 2 amide bonds. The molecule has 0 radical (unpaired) electrons. The van der Waals surface area contributed by atoms with Gasteiger partial charge in [0.15, 0.2) is 6.10 Å². The number of hydrogen-bond donors (Lipinski definition) is 1. The van der Waals surface area contributed by atoms with Crippen LogP contribution in [0.3, 0.4) is 0 Å². The van der Waals surface area contributed by atoms with Gasteiger partial charge in [0.1, 0.15) is 12.0 Å². The lowest BCUT2D eigenvalue weighted by atomic mass is 10.0. The highest BCUT2D eigenvalue weighted by Gasteiger charge is 2.26. The molecule has 1 aliphatic rings. The molecule has 0 bridgehead atoms. The maximum absolute atomic E-state index is 12.6. The third kappa shape index (κ3) is 5.19. The minimum absolute atomic E-state index is 0.0271. The fraction of sp³-hybridized carbons (Fsp3) is 0.478. The number of ether oxygens (including phenoxy) is 1. The van der Waals surface area contributed by atoms with Gasteiger partial charge in [-0.3, -0.25) is 9.59 Å². The lowest BCUT2D eigenvalue weighted by Crippen LogP contribution is -2.49. The van der Waals surface area contributed by atoms with Crippen molar-refractivity contribution < 1.29 is 18.7 Å². The quantitative estimate of drug-likeness (QED) is 0.801. The third-order valence-corrected chi connectivity index (χ3v) is 5.45. The van der Waals surface area contributed by atoms with Crippen molar-refractivity contribution in [2.24, 2.45) is 0 Å². The molecule has 2 aromatic rings. The number of carbonyl (C=O) groups is 2. The van der Waals surface area contributed by atoms with E-state index in [-0.39, 0.29) is 17.9 Å². The molecule has 1 aromatic carbocycles. The van der Waals surface area contributed by atoms with Crippen LogP contribution < -0.4 is 10.1 Å². The molecule has 1 aromatic heterocycles.